The van der Waals surface area contributed by atoms with Crippen molar-refractivity contribution in [2.24, 2.45) is 4.99 Å². The topological polar surface area (TPSA) is 100 Å². The number of aliphatic imine (C=N–C) groups is 1. The molecule has 1 aliphatic heterocycles. The van der Waals surface area contributed by atoms with Crippen molar-refractivity contribution in [2.45, 2.75) is 32.4 Å². The molecule has 0 saturated carbocycles. The molecule has 8 heteroatoms. The van der Waals surface area contributed by atoms with E-state index in [1.807, 2.05) is 19.1 Å². The highest BCUT2D eigenvalue weighted by Gasteiger charge is 2.15. The summed E-state index contributed by atoms with van der Waals surface area (Å²) >= 11 is 0. The van der Waals surface area contributed by atoms with Crippen molar-refractivity contribution < 1.29 is 9.15 Å². The molecule has 8 nitrogen and oxygen atoms in total. The molecule has 1 fully saturated rings. The van der Waals surface area contributed by atoms with E-state index in [0.717, 1.165) is 38.5 Å². The van der Waals surface area contributed by atoms with Gasteiger partial charge in [-0.1, -0.05) is 0 Å². The highest BCUT2D eigenvalue weighted by molar-refractivity contribution is 5.79. The van der Waals surface area contributed by atoms with Gasteiger partial charge in [0.1, 0.15) is 12.4 Å². The minimum absolute atomic E-state index is 0.273. The predicted molar refractivity (Wildman–Crippen MR) is 85.9 cm³/mol. The number of aromatic nitrogens is 3. The molecule has 0 aromatic carbocycles. The van der Waals surface area contributed by atoms with Crippen LogP contribution in [0.15, 0.2) is 27.8 Å². The SMILES string of the molecule is CCNC(=NCc1nc(-c2ccco2)n[nH]1)NCC1CCCO1. The number of nitrogens with one attached hydrogen (secondary N) is 3. The van der Waals surface area contributed by atoms with Gasteiger partial charge in [0.15, 0.2) is 11.7 Å². The molecule has 0 amide bonds. The molecule has 0 radical (unpaired) electrons. The van der Waals surface area contributed by atoms with Crippen LogP contribution in [0.3, 0.4) is 0 Å². The van der Waals surface area contributed by atoms with E-state index in [4.69, 9.17) is 9.15 Å². The fourth-order valence-corrected chi connectivity index (χ4v) is 2.39. The molecule has 1 unspecified atom stereocenters. The summed E-state index contributed by atoms with van der Waals surface area (Å²) in [5.74, 6) is 2.61. The molecule has 3 heterocycles. The maximum absolute atomic E-state index is 5.60. The second kappa shape index (κ2) is 7.77. The quantitative estimate of drug-likeness (QED) is 0.548. The molecular formula is C15H22N6O2. The summed E-state index contributed by atoms with van der Waals surface area (Å²) in [7, 11) is 0. The molecule has 2 aromatic heterocycles. The standard InChI is InChI=1S/C15H22N6O2/c1-2-16-15(17-9-11-5-3-7-22-11)18-10-13-19-14(21-20-13)12-6-4-8-23-12/h4,6,8,11H,2-3,5,7,9-10H2,1H3,(H2,16,17,18)(H,19,20,21). The highest BCUT2D eigenvalue weighted by Crippen LogP contribution is 2.14. The lowest BCUT2D eigenvalue weighted by molar-refractivity contribution is 0.114. The zero-order valence-electron chi connectivity index (χ0n) is 13.2. The van der Waals surface area contributed by atoms with Crippen molar-refractivity contribution in [3.63, 3.8) is 0 Å². The Labute approximate surface area is 134 Å². The van der Waals surface area contributed by atoms with E-state index < -0.39 is 0 Å². The van der Waals surface area contributed by atoms with Gasteiger partial charge in [0.25, 0.3) is 0 Å². The minimum Gasteiger partial charge on any atom is -0.461 e. The molecule has 0 spiro atoms. The summed E-state index contributed by atoms with van der Waals surface area (Å²) in [6.07, 6.45) is 4.10. The van der Waals surface area contributed by atoms with Crippen molar-refractivity contribution in [3.05, 3.63) is 24.2 Å². The highest BCUT2D eigenvalue weighted by atomic mass is 16.5. The summed E-state index contributed by atoms with van der Waals surface area (Å²) < 4.78 is 10.9. The van der Waals surface area contributed by atoms with Crippen LogP contribution in [0.1, 0.15) is 25.6 Å². The maximum atomic E-state index is 5.60. The number of ether oxygens (including phenoxy) is 1. The third-order valence-corrected chi connectivity index (χ3v) is 3.53. The van der Waals surface area contributed by atoms with E-state index in [0.29, 0.717) is 24.0 Å². The van der Waals surface area contributed by atoms with E-state index in [-0.39, 0.29) is 6.10 Å². The van der Waals surface area contributed by atoms with Crippen LogP contribution in [0, 0.1) is 0 Å². The van der Waals surface area contributed by atoms with Crippen LogP contribution >= 0.6 is 0 Å². The fraction of sp³-hybridized carbons (Fsp3) is 0.533. The third-order valence-electron chi connectivity index (χ3n) is 3.53. The molecule has 0 aliphatic carbocycles. The summed E-state index contributed by atoms with van der Waals surface area (Å²) in [5, 5.41) is 13.5. The van der Waals surface area contributed by atoms with Gasteiger partial charge in [-0.2, -0.15) is 0 Å². The number of nitrogens with zero attached hydrogens (tertiary/aromatic N) is 3. The van der Waals surface area contributed by atoms with E-state index in [9.17, 15) is 0 Å². The van der Waals surface area contributed by atoms with Crippen molar-refractivity contribution in [1.82, 2.24) is 25.8 Å². The van der Waals surface area contributed by atoms with Crippen molar-refractivity contribution in [3.8, 4) is 11.6 Å². The van der Waals surface area contributed by atoms with Crippen LogP contribution in [0.2, 0.25) is 0 Å². The van der Waals surface area contributed by atoms with Gasteiger partial charge in [0.2, 0.25) is 5.82 Å². The van der Waals surface area contributed by atoms with Gasteiger partial charge in [0, 0.05) is 19.7 Å². The molecule has 0 bridgehead atoms. The first-order chi connectivity index (χ1) is 11.3. The first-order valence-corrected chi connectivity index (χ1v) is 7.94. The van der Waals surface area contributed by atoms with Crippen LogP contribution < -0.4 is 10.6 Å². The van der Waals surface area contributed by atoms with Crippen LogP contribution in [-0.4, -0.2) is 46.9 Å². The Morgan fingerprint density at radius 1 is 1.48 bits per heavy atom. The Bertz CT molecular complexity index is 616. The number of furan rings is 1. The van der Waals surface area contributed by atoms with Crippen molar-refractivity contribution >= 4 is 5.96 Å². The average Bonchev–Trinajstić information content (AvgIpc) is 3.32. The average molecular weight is 318 g/mol. The zero-order valence-corrected chi connectivity index (χ0v) is 13.2. The second-order valence-electron chi connectivity index (χ2n) is 5.29. The summed E-state index contributed by atoms with van der Waals surface area (Å²) in [5.41, 5.74) is 0. The Hall–Kier alpha value is -2.35. The predicted octanol–water partition coefficient (Wildman–Crippen LogP) is 1.30. The van der Waals surface area contributed by atoms with Gasteiger partial charge in [-0.25, -0.2) is 9.98 Å². The van der Waals surface area contributed by atoms with Gasteiger partial charge in [-0.05, 0) is 31.9 Å². The summed E-state index contributed by atoms with van der Waals surface area (Å²) in [4.78, 5) is 8.89. The van der Waals surface area contributed by atoms with Gasteiger partial charge in [-0.3, -0.25) is 5.10 Å². The molecule has 1 atom stereocenters. The first-order valence-electron chi connectivity index (χ1n) is 7.94. The normalized spacial score (nSPS) is 18.3. The van der Waals surface area contributed by atoms with Crippen LogP contribution in [0.4, 0.5) is 0 Å². The zero-order chi connectivity index (χ0) is 15.9. The second-order valence-corrected chi connectivity index (χ2v) is 5.29. The molecule has 124 valence electrons. The van der Waals surface area contributed by atoms with Crippen LogP contribution in [-0.2, 0) is 11.3 Å². The van der Waals surface area contributed by atoms with E-state index >= 15 is 0 Å². The van der Waals surface area contributed by atoms with Crippen molar-refractivity contribution in [1.29, 1.82) is 0 Å². The molecule has 1 saturated heterocycles. The third kappa shape index (κ3) is 4.32. The Morgan fingerprint density at radius 2 is 2.43 bits per heavy atom. The van der Waals surface area contributed by atoms with Gasteiger partial charge in [0.05, 0.1) is 12.4 Å². The van der Waals surface area contributed by atoms with E-state index in [2.05, 4.69) is 30.8 Å². The maximum Gasteiger partial charge on any atom is 0.216 e. The smallest absolute Gasteiger partial charge is 0.216 e. The molecular weight excluding hydrogens is 296 g/mol. The number of hydrogen-bond acceptors (Lipinski definition) is 5. The number of aromatic amines is 1. The Kier molecular flexibility index (Phi) is 5.25. The lowest BCUT2D eigenvalue weighted by Gasteiger charge is -2.14. The number of rotatable bonds is 6. The van der Waals surface area contributed by atoms with Crippen LogP contribution in [0.25, 0.3) is 11.6 Å². The number of H-pyrrole nitrogens is 1. The molecule has 3 N–H and O–H groups in total. The lowest BCUT2D eigenvalue weighted by Crippen LogP contribution is -2.41. The summed E-state index contributed by atoms with van der Waals surface area (Å²) in [6, 6.07) is 3.63. The molecule has 2 aromatic rings. The fourth-order valence-electron chi connectivity index (χ4n) is 2.39. The minimum atomic E-state index is 0.273. The Balaban J connectivity index is 1.56. The molecule has 1 aliphatic rings. The molecule has 23 heavy (non-hydrogen) atoms. The van der Waals surface area contributed by atoms with Crippen LogP contribution in [0.5, 0.6) is 0 Å². The number of hydrogen-bond donors (Lipinski definition) is 3. The van der Waals surface area contributed by atoms with Gasteiger partial charge < -0.3 is 19.8 Å². The number of guanidine groups is 1. The first kappa shape index (κ1) is 15.5. The van der Waals surface area contributed by atoms with Gasteiger partial charge in [-0.15, -0.1) is 5.10 Å². The molecule has 3 rings (SSSR count). The van der Waals surface area contributed by atoms with E-state index in [1.165, 1.54) is 0 Å². The largest absolute Gasteiger partial charge is 0.461 e. The Morgan fingerprint density at radius 3 is 3.17 bits per heavy atom. The van der Waals surface area contributed by atoms with Crippen molar-refractivity contribution in [2.75, 3.05) is 19.7 Å². The lowest BCUT2D eigenvalue weighted by atomic mass is 10.2. The van der Waals surface area contributed by atoms with E-state index in [1.54, 1.807) is 6.26 Å². The van der Waals surface area contributed by atoms with Gasteiger partial charge >= 0.3 is 0 Å². The monoisotopic (exact) mass is 318 g/mol. The summed E-state index contributed by atoms with van der Waals surface area (Å²) in [6.45, 7) is 4.86.